The number of benzene rings is 2. The number of carbonyl (C=O) groups is 3. The van der Waals surface area contributed by atoms with E-state index in [4.69, 9.17) is 4.74 Å². The van der Waals surface area contributed by atoms with Gasteiger partial charge in [0.2, 0.25) is 21.8 Å². The number of carbonyl (C=O) groups excluding carboxylic acids is 3. The van der Waals surface area contributed by atoms with Crippen molar-refractivity contribution in [1.29, 1.82) is 0 Å². The van der Waals surface area contributed by atoms with Gasteiger partial charge in [-0.05, 0) is 55.3 Å². The van der Waals surface area contributed by atoms with Crippen molar-refractivity contribution in [3.63, 3.8) is 0 Å². The molecule has 9 nitrogen and oxygen atoms in total. The Bertz CT molecular complexity index is 1190. The number of nitrogens with zero attached hydrogens (tertiary/aromatic N) is 2. The van der Waals surface area contributed by atoms with Crippen molar-refractivity contribution in [2.24, 2.45) is 0 Å². The van der Waals surface area contributed by atoms with Crippen LogP contribution >= 0.6 is 0 Å². The highest BCUT2D eigenvalue weighted by molar-refractivity contribution is 7.89. The van der Waals surface area contributed by atoms with Crippen molar-refractivity contribution in [2.45, 2.75) is 43.4 Å². The molecule has 2 saturated heterocycles. The van der Waals surface area contributed by atoms with Crippen molar-refractivity contribution in [2.75, 3.05) is 30.4 Å². The molecule has 2 heterocycles. The van der Waals surface area contributed by atoms with E-state index in [1.54, 1.807) is 0 Å². The fraction of sp³-hybridized carbons (Fsp3) is 0.375. The standard InChI is InChI=1S/C24H27N3O6S/c1-33-21-11-10-19(34(31,32)26-14-4-2-3-5-15-26)16-20(21)25-24(30)17-6-8-18(9-7-17)27-22(28)12-13-23(27)29/h6-11,16H,2-5,12-15H2,1H3,(H,25,30). The van der Waals surface area contributed by atoms with Gasteiger partial charge in [0.15, 0.2) is 0 Å². The molecule has 180 valence electrons. The molecule has 0 radical (unpaired) electrons. The Labute approximate surface area is 198 Å². The molecule has 0 aliphatic carbocycles. The van der Waals surface area contributed by atoms with Crippen molar-refractivity contribution < 1.29 is 27.5 Å². The van der Waals surface area contributed by atoms with Gasteiger partial charge in [-0.1, -0.05) is 12.8 Å². The molecule has 2 aliphatic rings. The molecule has 0 aromatic heterocycles. The third kappa shape index (κ3) is 4.83. The third-order valence-corrected chi connectivity index (χ3v) is 7.96. The van der Waals surface area contributed by atoms with Crippen LogP contribution in [-0.4, -0.2) is 50.6 Å². The minimum absolute atomic E-state index is 0.0897. The summed E-state index contributed by atoms with van der Waals surface area (Å²) in [6.45, 7) is 0.953. The van der Waals surface area contributed by atoms with Gasteiger partial charge in [0.1, 0.15) is 5.75 Å². The van der Waals surface area contributed by atoms with Crippen molar-refractivity contribution in [3.05, 3.63) is 48.0 Å². The third-order valence-electron chi connectivity index (χ3n) is 6.06. The van der Waals surface area contributed by atoms with Crippen LogP contribution in [0, 0.1) is 0 Å². The van der Waals surface area contributed by atoms with Gasteiger partial charge in [0, 0.05) is 31.5 Å². The van der Waals surface area contributed by atoms with Gasteiger partial charge in [-0.2, -0.15) is 4.31 Å². The Hall–Kier alpha value is -3.24. The van der Waals surface area contributed by atoms with Crippen LogP contribution in [-0.2, 0) is 19.6 Å². The first kappa shape index (κ1) is 23.9. The van der Waals surface area contributed by atoms with E-state index >= 15 is 0 Å². The lowest BCUT2D eigenvalue weighted by atomic mass is 10.1. The molecule has 1 N–H and O–H groups in total. The number of ether oxygens (including phenoxy) is 1. The Kier molecular flexibility index (Phi) is 6.99. The maximum absolute atomic E-state index is 13.2. The zero-order chi connectivity index (χ0) is 24.3. The van der Waals surface area contributed by atoms with E-state index in [1.165, 1.54) is 53.9 Å². The topological polar surface area (TPSA) is 113 Å². The summed E-state index contributed by atoms with van der Waals surface area (Å²) in [5.74, 6) is -0.690. The minimum atomic E-state index is -3.70. The maximum atomic E-state index is 13.2. The average molecular weight is 486 g/mol. The number of methoxy groups -OCH3 is 1. The van der Waals surface area contributed by atoms with Gasteiger partial charge in [-0.3, -0.25) is 19.3 Å². The maximum Gasteiger partial charge on any atom is 0.255 e. The lowest BCUT2D eigenvalue weighted by molar-refractivity contribution is -0.121. The van der Waals surface area contributed by atoms with Crippen LogP contribution in [0.5, 0.6) is 5.75 Å². The van der Waals surface area contributed by atoms with Crippen LogP contribution in [0.3, 0.4) is 0 Å². The Morgan fingerprint density at radius 3 is 2.12 bits per heavy atom. The summed E-state index contributed by atoms with van der Waals surface area (Å²) < 4.78 is 33.2. The molecule has 2 aromatic rings. The summed E-state index contributed by atoms with van der Waals surface area (Å²) in [7, 11) is -2.26. The Balaban J connectivity index is 1.55. The first-order chi connectivity index (χ1) is 16.3. The zero-order valence-electron chi connectivity index (χ0n) is 19.0. The number of hydrogen-bond acceptors (Lipinski definition) is 6. The first-order valence-corrected chi connectivity index (χ1v) is 12.7. The second kappa shape index (κ2) is 9.94. The monoisotopic (exact) mass is 485 g/mol. The van der Waals surface area contributed by atoms with Crippen LogP contribution in [0.1, 0.15) is 48.9 Å². The summed E-state index contributed by atoms with van der Waals surface area (Å²) in [4.78, 5) is 37.9. The smallest absolute Gasteiger partial charge is 0.255 e. The molecule has 2 aromatic carbocycles. The van der Waals surface area contributed by atoms with E-state index in [2.05, 4.69) is 5.32 Å². The summed E-state index contributed by atoms with van der Waals surface area (Å²) in [5.41, 5.74) is 0.926. The van der Waals surface area contributed by atoms with E-state index < -0.39 is 15.9 Å². The molecule has 2 fully saturated rings. The van der Waals surface area contributed by atoms with Gasteiger partial charge < -0.3 is 10.1 Å². The molecule has 4 rings (SSSR count). The lowest BCUT2D eigenvalue weighted by Gasteiger charge is -2.21. The van der Waals surface area contributed by atoms with E-state index in [0.29, 0.717) is 24.5 Å². The fourth-order valence-corrected chi connectivity index (χ4v) is 5.74. The second-order valence-electron chi connectivity index (χ2n) is 8.30. The zero-order valence-corrected chi connectivity index (χ0v) is 19.8. The molecule has 0 bridgehead atoms. The van der Waals surface area contributed by atoms with Gasteiger partial charge in [0.05, 0.1) is 23.4 Å². The van der Waals surface area contributed by atoms with E-state index in [9.17, 15) is 22.8 Å². The largest absolute Gasteiger partial charge is 0.495 e. The fourth-order valence-electron chi connectivity index (χ4n) is 4.20. The number of nitrogens with one attached hydrogen (secondary N) is 1. The van der Waals surface area contributed by atoms with E-state index in [0.717, 1.165) is 30.6 Å². The number of hydrogen-bond donors (Lipinski definition) is 1. The minimum Gasteiger partial charge on any atom is -0.495 e. The summed E-state index contributed by atoms with van der Waals surface area (Å²) in [6.07, 6.45) is 4.02. The van der Waals surface area contributed by atoms with Crippen LogP contribution in [0.15, 0.2) is 47.4 Å². The molecule has 34 heavy (non-hydrogen) atoms. The molecule has 0 atom stereocenters. The van der Waals surface area contributed by atoms with Crippen LogP contribution in [0.4, 0.5) is 11.4 Å². The number of amides is 3. The molecule has 0 saturated carbocycles. The first-order valence-electron chi connectivity index (χ1n) is 11.3. The van der Waals surface area contributed by atoms with Crippen LogP contribution < -0.4 is 15.0 Å². The van der Waals surface area contributed by atoms with Gasteiger partial charge in [0.25, 0.3) is 5.91 Å². The highest BCUT2D eigenvalue weighted by Gasteiger charge is 2.30. The van der Waals surface area contributed by atoms with E-state index in [1.807, 2.05) is 0 Å². The quantitative estimate of drug-likeness (QED) is 0.629. The predicted molar refractivity (Wildman–Crippen MR) is 126 cm³/mol. The molecular weight excluding hydrogens is 458 g/mol. The summed E-state index contributed by atoms with van der Waals surface area (Å²) >= 11 is 0. The number of sulfonamides is 1. The van der Waals surface area contributed by atoms with Crippen molar-refractivity contribution >= 4 is 39.1 Å². The number of imide groups is 1. The van der Waals surface area contributed by atoms with Crippen molar-refractivity contribution in [1.82, 2.24) is 4.31 Å². The summed E-state index contributed by atoms with van der Waals surface area (Å²) in [5, 5.41) is 2.72. The normalized spacial score (nSPS) is 17.5. The molecule has 10 heteroatoms. The number of anilines is 2. The van der Waals surface area contributed by atoms with Crippen molar-refractivity contribution in [3.8, 4) is 5.75 Å². The van der Waals surface area contributed by atoms with Gasteiger partial charge >= 0.3 is 0 Å². The SMILES string of the molecule is COc1ccc(S(=O)(=O)N2CCCCCC2)cc1NC(=O)c1ccc(N2C(=O)CCC2=O)cc1. The van der Waals surface area contributed by atoms with E-state index in [-0.39, 0.29) is 40.8 Å². The lowest BCUT2D eigenvalue weighted by Crippen LogP contribution is -2.32. The summed E-state index contributed by atoms with van der Waals surface area (Å²) in [6, 6.07) is 10.5. The van der Waals surface area contributed by atoms with Crippen LogP contribution in [0.2, 0.25) is 0 Å². The second-order valence-corrected chi connectivity index (χ2v) is 10.2. The number of rotatable bonds is 6. The molecule has 3 amide bonds. The molecule has 2 aliphatic heterocycles. The highest BCUT2D eigenvalue weighted by Crippen LogP contribution is 2.30. The van der Waals surface area contributed by atoms with Crippen LogP contribution in [0.25, 0.3) is 0 Å². The average Bonchev–Trinajstić information content (AvgIpc) is 3.02. The molecule has 0 unspecified atom stereocenters. The highest BCUT2D eigenvalue weighted by atomic mass is 32.2. The Morgan fingerprint density at radius 2 is 1.53 bits per heavy atom. The Morgan fingerprint density at radius 1 is 0.912 bits per heavy atom. The predicted octanol–water partition coefficient (Wildman–Crippen LogP) is 3.17. The van der Waals surface area contributed by atoms with Gasteiger partial charge in [-0.25, -0.2) is 8.42 Å². The molecule has 0 spiro atoms. The van der Waals surface area contributed by atoms with Gasteiger partial charge in [-0.15, -0.1) is 0 Å². The molecular formula is C24H27N3O6S.